The van der Waals surface area contributed by atoms with Crippen molar-refractivity contribution in [3.05, 3.63) is 58.9 Å². The molecule has 0 radical (unpaired) electrons. The number of pyridine rings is 1. The van der Waals surface area contributed by atoms with Crippen molar-refractivity contribution in [1.82, 2.24) is 9.71 Å². The van der Waals surface area contributed by atoms with Crippen LogP contribution in [0.1, 0.15) is 17.8 Å². The Morgan fingerprint density at radius 1 is 1.17 bits per heavy atom. The van der Waals surface area contributed by atoms with Gasteiger partial charge in [0.2, 0.25) is 10.0 Å². The molecular formula is C16H14ClFN2O2S. The van der Waals surface area contributed by atoms with Crippen molar-refractivity contribution in [2.24, 2.45) is 0 Å². The van der Waals surface area contributed by atoms with E-state index in [4.69, 9.17) is 11.6 Å². The predicted octanol–water partition coefficient (Wildman–Crippen LogP) is 2.92. The van der Waals surface area contributed by atoms with Crippen molar-refractivity contribution in [3.63, 3.8) is 0 Å². The third-order valence-corrected chi connectivity index (χ3v) is 4.79. The van der Waals surface area contributed by atoms with Gasteiger partial charge in [0.15, 0.2) is 0 Å². The number of rotatable bonds is 5. The summed E-state index contributed by atoms with van der Waals surface area (Å²) in [5, 5.41) is 0.165. The minimum Gasteiger partial charge on any atom is -0.244 e. The molecule has 1 aromatic heterocycles. The van der Waals surface area contributed by atoms with Gasteiger partial charge in [-0.05, 0) is 30.2 Å². The highest BCUT2D eigenvalue weighted by atomic mass is 35.5. The fourth-order valence-corrected chi connectivity index (χ4v) is 3.31. The van der Waals surface area contributed by atoms with Gasteiger partial charge in [-0.2, -0.15) is 0 Å². The van der Waals surface area contributed by atoms with Crippen molar-refractivity contribution < 1.29 is 12.8 Å². The van der Waals surface area contributed by atoms with Crippen molar-refractivity contribution in [3.8, 4) is 11.8 Å². The van der Waals surface area contributed by atoms with Crippen LogP contribution in [0.4, 0.5) is 4.39 Å². The first-order valence-electron chi connectivity index (χ1n) is 6.78. The van der Waals surface area contributed by atoms with E-state index in [1.807, 2.05) is 0 Å². The summed E-state index contributed by atoms with van der Waals surface area (Å²) in [4.78, 5) is 4.03. The lowest BCUT2D eigenvalue weighted by molar-refractivity contribution is 0.476. The Morgan fingerprint density at radius 2 is 1.96 bits per heavy atom. The van der Waals surface area contributed by atoms with Gasteiger partial charge in [0.25, 0.3) is 0 Å². The smallest absolute Gasteiger partial charge is 0.242 e. The molecule has 0 unspecified atom stereocenters. The molecule has 1 heterocycles. The summed E-state index contributed by atoms with van der Waals surface area (Å²) in [6, 6.07) is 11.1. The van der Waals surface area contributed by atoms with Crippen LogP contribution in [0, 0.1) is 11.8 Å². The Bertz CT molecular complexity index is 844. The number of hydrogen-bond donors (Lipinski definition) is 1. The monoisotopic (exact) mass is 352 g/mol. The van der Waals surface area contributed by atoms with Crippen LogP contribution in [0.2, 0.25) is 5.02 Å². The second-order valence-electron chi connectivity index (χ2n) is 4.53. The van der Waals surface area contributed by atoms with Crippen molar-refractivity contribution in [2.75, 3.05) is 6.54 Å². The Balaban J connectivity index is 1.93. The SMILES string of the molecule is O=S(=O)(NCCC#Cc1cccc(CF)n1)c1ccccc1Cl. The number of benzene rings is 1. The molecule has 0 amide bonds. The highest BCUT2D eigenvalue weighted by Crippen LogP contribution is 2.19. The molecule has 1 aromatic carbocycles. The zero-order valence-corrected chi connectivity index (χ0v) is 13.7. The molecule has 0 aliphatic carbocycles. The molecule has 0 fully saturated rings. The van der Waals surface area contributed by atoms with Gasteiger partial charge < -0.3 is 0 Å². The lowest BCUT2D eigenvalue weighted by Crippen LogP contribution is -2.24. The first-order chi connectivity index (χ1) is 11.0. The molecule has 4 nitrogen and oxygen atoms in total. The molecule has 7 heteroatoms. The topological polar surface area (TPSA) is 59.1 Å². The fourth-order valence-electron chi connectivity index (χ4n) is 1.76. The van der Waals surface area contributed by atoms with Crippen LogP contribution >= 0.6 is 11.6 Å². The van der Waals surface area contributed by atoms with Crippen molar-refractivity contribution in [1.29, 1.82) is 0 Å². The number of nitrogens with one attached hydrogen (secondary N) is 1. The number of sulfonamides is 1. The maximum Gasteiger partial charge on any atom is 0.242 e. The van der Waals surface area contributed by atoms with Crippen LogP contribution in [-0.4, -0.2) is 19.9 Å². The molecule has 0 aliphatic rings. The maximum absolute atomic E-state index is 12.5. The molecule has 2 rings (SSSR count). The number of nitrogens with zero attached hydrogens (tertiary/aromatic N) is 1. The van der Waals surface area contributed by atoms with E-state index >= 15 is 0 Å². The number of halogens is 2. The van der Waals surface area contributed by atoms with E-state index in [2.05, 4.69) is 21.5 Å². The van der Waals surface area contributed by atoms with E-state index < -0.39 is 16.7 Å². The summed E-state index contributed by atoms with van der Waals surface area (Å²) < 4.78 is 39.0. The standard InChI is InChI=1S/C16H14ClFN2O2S/c17-15-9-1-2-10-16(15)23(21,22)19-11-4-3-6-13-7-5-8-14(12-18)20-13/h1-2,5,7-10,19H,4,11-12H2. The van der Waals surface area contributed by atoms with Crippen LogP contribution in [0.25, 0.3) is 0 Å². The zero-order valence-electron chi connectivity index (χ0n) is 12.1. The van der Waals surface area contributed by atoms with Crippen molar-refractivity contribution >= 4 is 21.6 Å². The normalized spacial score (nSPS) is 10.9. The van der Waals surface area contributed by atoms with Crippen LogP contribution in [0.3, 0.4) is 0 Å². The molecule has 120 valence electrons. The fraction of sp³-hybridized carbons (Fsp3) is 0.188. The largest absolute Gasteiger partial charge is 0.244 e. The van der Waals surface area contributed by atoms with Crippen LogP contribution < -0.4 is 4.72 Å². The number of aromatic nitrogens is 1. The average molecular weight is 353 g/mol. The molecule has 0 atom stereocenters. The van der Waals surface area contributed by atoms with Gasteiger partial charge in [-0.3, -0.25) is 0 Å². The number of hydrogen-bond acceptors (Lipinski definition) is 3. The lowest BCUT2D eigenvalue weighted by Gasteiger charge is -2.06. The van der Waals surface area contributed by atoms with E-state index in [-0.39, 0.29) is 16.5 Å². The average Bonchev–Trinajstić information content (AvgIpc) is 2.55. The Labute approximate surface area is 139 Å². The summed E-state index contributed by atoms with van der Waals surface area (Å²) in [6.45, 7) is -0.503. The predicted molar refractivity (Wildman–Crippen MR) is 87.2 cm³/mol. The number of alkyl halides is 1. The summed E-state index contributed by atoms with van der Waals surface area (Å²) >= 11 is 5.87. The van der Waals surface area contributed by atoms with E-state index in [1.165, 1.54) is 12.1 Å². The third-order valence-electron chi connectivity index (χ3n) is 2.83. The van der Waals surface area contributed by atoms with E-state index in [0.29, 0.717) is 17.8 Å². The molecular weight excluding hydrogens is 339 g/mol. The van der Waals surface area contributed by atoms with Gasteiger partial charge in [0.05, 0.1) is 10.7 Å². The van der Waals surface area contributed by atoms with Gasteiger partial charge >= 0.3 is 0 Å². The summed E-state index contributed by atoms with van der Waals surface area (Å²) in [5.74, 6) is 5.56. The van der Waals surface area contributed by atoms with Gasteiger partial charge in [-0.25, -0.2) is 22.5 Å². The van der Waals surface area contributed by atoms with Gasteiger partial charge in [0, 0.05) is 13.0 Å². The molecule has 1 N–H and O–H groups in total. The van der Waals surface area contributed by atoms with E-state index in [9.17, 15) is 12.8 Å². The molecule has 0 saturated carbocycles. The van der Waals surface area contributed by atoms with Gasteiger partial charge in [0.1, 0.15) is 17.3 Å². The van der Waals surface area contributed by atoms with E-state index in [0.717, 1.165) is 0 Å². The molecule has 0 spiro atoms. The summed E-state index contributed by atoms with van der Waals surface area (Å²) in [5.41, 5.74) is 0.769. The van der Waals surface area contributed by atoms with Gasteiger partial charge in [-0.15, -0.1) is 0 Å². The maximum atomic E-state index is 12.5. The summed E-state index contributed by atoms with van der Waals surface area (Å²) in [7, 11) is -3.66. The Kier molecular flexibility index (Phi) is 6.11. The van der Waals surface area contributed by atoms with Gasteiger partial charge in [-0.1, -0.05) is 35.7 Å². The second kappa shape index (κ2) is 8.06. The Morgan fingerprint density at radius 3 is 2.70 bits per heavy atom. The molecule has 0 aliphatic heterocycles. The summed E-state index contributed by atoms with van der Waals surface area (Å²) in [6.07, 6.45) is 0.297. The molecule has 0 bridgehead atoms. The van der Waals surface area contributed by atoms with Crippen LogP contribution in [-0.2, 0) is 16.7 Å². The molecule has 2 aromatic rings. The van der Waals surface area contributed by atoms with Crippen LogP contribution in [0.5, 0.6) is 0 Å². The highest BCUT2D eigenvalue weighted by Gasteiger charge is 2.15. The van der Waals surface area contributed by atoms with Crippen molar-refractivity contribution in [2.45, 2.75) is 18.0 Å². The first-order valence-corrected chi connectivity index (χ1v) is 8.64. The quantitative estimate of drug-likeness (QED) is 0.665. The lowest BCUT2D eigenvalue weighted by atomic mass is 10.3. The third kappa shape index (κ3) is 5.03. The van der Waals surface area contributed by atoms with Crippen LogP contribution in [0.15, 0.2) is 47.4 Å². The molecule has 0 saturated heterocycles. The minimum atomic E-state index is -3.66. The minimum absolute atomic E-state index is 0.0342. The Hall–Kier alpha value is -1.94. The van der Waals surface area contributed by atoms with E-state index in [1.54, 1.807) is 30.3 Å². The first kappa shape index (κ1) is 17.4. The highest BCUT2D eigenvalue weighted by molar-refractivity contribution is 7.89. The zero-order chi connectivity index (χ0) is 16.7. The molecule has 23 heavy (non-hydrogen) atoms. The second-order valence-corrected chi connectivity index (χ2v) is 6.67.